The zero-order chi connectivity index (χ0) is 15.2. The van der Waals surface area contributed by atoms with Crippen LogP contribution in [0, 0.1) is 12.8 Å². The van der Waals surface area contributed by atoms with Gasteiger partial charge >= 0.3 is 0 Å². The molecule has 0 aliphatic rings. The van der Waals surface area contributed by atoms with Gasteiger partial charge in [-0.2, -0.15) is 0 Å². The van der Waals surface area contributed by atoms with Crippen molar-refractivity contribution in [1.82, 2.24) is 15.5 Å². The first-order valence-corrected chi connectivity index (χ1v) is 7.84. The molecule has 5 nitrogen and oxygen atoms in total. The van der Waals surface area contributed by atoms with E-state index >= 15 is 0 Å². The molecule has 1 amide bonds. The van der Waals surface area contributed by atoms with Crippen LogP contribution in [0.1, 0.15) is 19.4 Å². The molecule has 0 saturated heterocycles. The predicted molar refractivity (Wildman–Crippen MR) is 83.0 cm³/mol. The van der Waals surface area contributed by atoms with Crippen LogP contribution in [0.4, 0.5) is 0 Å². The van der Waals surface area contributed by atoms with Crippen LogP contribution in [0.2, 0.25) is 0 Å². The SMILES string of the molecule is Cc1ccccc1-c1nnc(SCC(=O)NCC(C)C)o1. The van der Waals surface area contributed by atoms with E-state index in [1.807, 2.05) is 31.2 Å². The van der Waals surface area contributed by atoms with E-state index in [1.54, 1.807) is 0 Å². The van der Waals surface area contributed by atoms with E-state index in [0.717, 1.165) is 11.1 Å². The highest BCUT2D eigenvalue weighted by Crippen LogP contribution is 2.25. The molecule has 0 aliphatic heterocycles. The maximum atomic E-state index is 11.6. The lowest BCUT2D eigenvalue weighted by atomic mass is 10.1. The summed E-state index contributed by atoms with van der Waals surface area (Å²) in [6.07, 6.45) is 0. The number of carbonyl (C=O) groups is 1. The van der Waals surface area contributed by atoms with Crippen molar-refractivity contribution in [3.63, 3.8) is 0 Å². The Morgan fingerprint density at radius 3 is 2.81 bits per heavy atom. The summed E-state index contributed by atoms with van der Waals surface area (Å²) in [6, 6.07) is 7.82. The van der Waals surface area contributed by atoms with Crippen molar-refractivity contribution in [3.8, 4) is 11.5 Å². The zero-order valence-corrected chi connectivity index (χ0v) is 13.2. The highest BCUT2D eigenvalue weighted by molar-refractivity contribution is 7.99. The Morgan fingerprint density at radius 1 is 1.33 bits per heavy atom. The van der Waals surface area contributed by atoms with Crippen LogP contribution in [0.5, 0.6) is 0 Å². The van der Waals surface area contributed by atoms with Crippen molar-refractivity contribution < 1.29 is 9.21 Å². The second-order valence-electron chi connectivity index (χ2n) is 5.17. The smallest absolute Gasteiger partial charge is 0.277 e. The Kier molecular flexibility index (Phi) is 5.38. The number of carbonyl (C=O) groups excluding carboxylic acids is 1. The van der Waals surface area contributed by atoms with Crippen LogP contribution in [0.3, 0.4) is 0 Å². The van der Waals surface area contributed by atoms with E-state index < -0.39 is 0 Å². The summed E-state index contributed by atoms with van der Waals surface area (Å²) in [7, 11) is 0. The molecule has 1 aromatic heterocycles. The fraction of sp³-hybridized carbons (Fsp3) is 0.400. The molecule has 1 heterocycles. The number of hydrogen-bond donors (Lipinski definition) is 1. The van der Waals surface area contributed by atoms with Gasteiger partial charge in [0.05, 0.1) is 5.75 Å². The molecule has 0 unspecified atom stereocenters. The molecule has 0 fully saturated rings. The quantitative estimate of drug-likeness (QED) is 0.831. The molecule has 112 valence electrons. The van der Waals surface area contributed by atoms with E-state index in [-0.39, 0.29) is 11.7 Å². The van der Waals surface area contributed by atoms with Gasteiger partial charge < -0.3 is 9.73 Å². The summed E-state index contributed by atoms with van der Waals surface area (Å²) in [6.45, 7) is 6.78. The number of nitrogens with one attached hydrogen (secondary N) is 1. The molecule has 21 heavy (non-hydrogen) atoms. The highest BCUT2D eigenvalue weighted by atomic mass is 32.2. The molecule has 0 bridgehead atoms. The average Bonchev–Trinajstić information content (AvgIpc) is 2.92. The maximum absolute atomic E-state index is 11.6. The maximum Gasteiger partial charge on any atom is 0.277 e. The topological polar surface area (TPSA) is 68.0 Å². The number of nitrogens with zero attached hydrogens (tertiary/aromatic N) is 2. The van der Waals surface area contributed by atoms with Gasteiger partial charge in [-0.3, -0.25) is 4.79 Å². The van der Waals surface area contributed by atoms with Crippen LogP contribution >= 0.6 is 11.8 Å². The molecule has 0 atom stereocenters. The number of thioether (sulfide) groups is 1. The third-order valence-electron chi connectivity index (χ3n) is 2.82. The van der Waals surface area contributed by atoms with Gasteiger partial charge in [0.25, 0.3) is 5.22 Å². The number of rotatable bonds is 6. The number of hydrogen-bond acceptors (Lipinski definition) is 5. The molecule has 1 N–H and O–H groups in total. The van der Waals surface area contributed by atoms with Crippen LogP contribution in [-0.2, 0) is 4.79 Å². The fourth-order valence-corrected chi connectivity index (χ4v) is 2.28. The van der Waals surface area contributed by atoms with Crippen molar-refractivity contribution in [3.05, 3.63) is 29.8 Å². The lowest BCUT2D eigenvalue weighted by Crippen LogP contribution is -2.28. The largest absolute Gasteiger partial charge is 0.411 e. The number of aryl methyl sites for hydroxylation is 1. The molecule has 2 rings (SSSR count). The highest BCUT2D eigenvalue weighted by Gasteiger charge is 2.12. The molecule has 0 saturated carbocycles. The lowest BCUT2D eigenvalue weighted by Gasteiger charge is -2.05. The Bertz CT molecular complexity index is 610. The summed E-state index contributed by atoms with van der Waals surface area (Å²) in [5, 5.41) is 11.3. The Labute approximate surface area is 128 Å². The van der Waals surface area contributed by atoms with Gasteiger partial charge in [0, 0.05) is 12.1 Å². The van der Waals surface area contributed by atoms with Crippen LogP contribution in [-0.4, -0.2) is 28.4 Å². The van der Waals surface area contributed by atoms with Gasteiger partial charge in [0.15, 0.2) is 0 Å². The predicted octanol–water partition coefficient (Wildman–Crippen LogP) is 2.91. The van der Waals surface area contributed by atoms with Crippen molar-refractivity contribution >= 4 is 17.7 Å². The molecule has 6 heteroatoms. The molecule has 0 aliphatic carbocycles. The summed E-state index contributed by atoms with van der Waals surface area (Å²) in [5.74, 6) is 1.18. The standard InChI is InChI=1S/C15H19N3O2S/c1-10(2)8-16-13(19)9-21-15-18-17-14(20-15)12-7-5-4-6-11(12)3/h4-7,10H,8-9H2,1-3H3,(H,16,19). The Morgan fingerprint density at radius 2 is 2.10 bits per heavy atom. The summed E-state index contributed by atoms with van der Waals surface area (Å²) >= 11 is 1.25. The zero-order valence-electron chi connectivity index (χ0n) is 12.4. The minimum atomic E-state index is -0.0238. The molecule has 0 spiro atoms. The first kappa shape index (κ1) is 15.6. The van der Waals surface area contributed by atoms with E-state index in [2.05, 4.69) is 29.4 Å². The molecular formula is C15H19N3O2S. The first-order valence-electron chi connectivity index (χ1n) is 6.85. The van der Waals surface area contributed by atoms with E-state index in [0.29, 0.717) is 23.6 Å². The molecular weight excluding hydrogens is 286 g/mol. The van der Waals surface area contributed by atoms with Gasteiger partial charge in [-0.25, -0.2) is 0 Å². The lowest BCUT2D eigenvalue weighted by molar-refractivity contribution is -0.118. The van der Waals surface area contributed by atoms with E-state index in [9.17, 15) is 4.79 Å². The Balaban J connectivity index is 1.92. The van der Waals surface area contributed by atoms with Crippen molar-refractivity contribution in [2.45, 2.75) is 26.0 Å². The van der Waals surface area contributed by atoms with Crippen LogP contribution in [0.15, 0.2) is 33.9 Å². The summed E-state index contributed by atoms with van der Waals surface area (Å²) in [4.78, 5) is 11.6. The van der Waals surface area contributed by atoms with Crippen molar-refractivity contribution in [1.29, 1.82) is 0 Å². The van der Waals surface area contributed by atoms with E-state index in [4.69, 9.17) is 4.42 Å². The van der Waals surface area contributed by atoms with Crippen molar-refractivity contribution in [2.75, 3.05) is 12.3 Å². The van der Waals surface area contributed by atoms with Gasteiger partial charge in [-0.1, -0.05) is 43.8 Å². The second kappa shape index (κ2) is 7.26. The number of aromatic nitrogens is 2. The monoisotopic (exact) mass is 305 g/mol. The van der Waals surface area contributed by atoms with Gasteiger partial charge in [-0.05, 0) is 24.5 Å². The fourth-order valence-electron chi connectivity index (χ4n) is 1.69. The summed E-state index contributed by atoms with van der Waals surface area (Å²) < 4.78 is 5.59. The Hall–Kier alpha value is -1.82. The second-order valence-corrected chi connectivity index (χ2v) is 6.10. The molecule has 2 aromatic rings. The normalized spacial score (nSPS) is 10.9. The molecule has 0 radical (unpaired) electrons. The third-order valence-corrected chi connectivity index (χ3v) is 3.63. The molecule has 1 aromatic carbocycles. The number of benzene rings is 1. The average molecular weight is 305 g/mol. The van der Waals surface area contributed by atoms with Gasteiger partial charge in [-0.15, -0.1) is 10.2 Å². The van der Waals surface area contributed by atoms with Crippen LogP contribution < -0.4 is 5.32 Å². The van der Waals surface area contributed by atoms with Crippen molar-refractivity contribution in [2.24, 2.45) is 5.92 Å². The van der Waals surface area contributed by atoms with Gasteiger partial charge in [0.2, 0.25) is 11.8 Å². The van der Waals surface area contributed by atoms with Crippen LogP contribution in [0.25, 0.3) is 11.5 Å². The third kappa shape index (κ3) is 4.60. The summed E-state index contributed by atoms with van der Waals surface area (Å²) in [5.41, 5.74) is 1.99. The van der Waals surface area contributed by atoms with Gasteiger partial charge in [0.1, 0.15) is 0 Å². The first-order chi connectivity index (χ1) is 10.1. The minimum Gasteiger partial charge on any atom is -0.411 e. The number of amides is 1. The minimum absolute atomic E-state index is 0.0238. The van der Waals surface area contributed by atoms with E-state index in [1.165, 1.54) is 11.8 Å².